The standard InChI is InChI=1S/C19H23ClFN3O3.ClH/c1-3-27-18-9-17(22)16(20)8-15(18)19(25)23-10-12(2)24(26)11-13-4-6-14(21)7-5-13;/h4-9,12,26H,3,10-11,22H2,1-2H3,(H,23,25);1H/t12-;/m1./s1. The molecule has 2 rings (SSSR count). The van der Waals surface area contributed by atoms with Crippen molar-refractivity contribution in [3.05, 3.63) is 58.4 Å². The number of nitrogen functional groups attached to an aromatic ring is 1. The van der Waals surface area contributed by atoms with Gasteiger partial charge in [-0.3, -0.25) is 4.79 Å². The van der Waals surface area contributed by atoms with Gasteiger partial charge in [-0.15, -0.1) is 12.4 Å². The summed E-state index contributed by atoms with van der Waals surface area (Å²) in [6.07, 6.45) is 0. The zero-order chi connectivity index (χ0) is 20.0. The molecule has 28 heavy (non-hydrogen) atoms. The van der Waals surface area contributed by atoms with Crippen LogP contribution in [0, 0.1) is 5.82 Å². The zero-order valence-corrected chi connectivity index (χ0v) is 17.2. The van der Waals surface area contributed by atoms with Gasteiger partial charge in [0.15, 0.2) is 0 Å². The van der Waals surface area contributed by atoms with Crippen molar-refractivity contribution < 1.29 is 19.1 Å². The molecule has 1 atom stereocenters. The highest BCUT2D eigenvalue weighted by Crippen LogP contribution is 2.29. The summed E-state index contributed by atoms with van der Waals surface area (Å²) in [6, 6.07) is 8.43. The first-order valence-electron chi connectivity index (χ1n) is 8.51. The SMILES string of the molecule is CCOc1cc(N)c(Cl)cc1C(=O)NC[C@@H](C)N(O)Cc1ccc(F)cc1.Cl. The number of nitrogens with zero attached hydrogens (tertiary/aromatic N) is 1. The molecule has 0 radical (unpaired) electrons. The molecule has 0 bridgehead atoms. The summed E-state index contributed by atoms with van der Waals surface area (Å²) in [6.45, 7) is 4.32. The molecule has 0 unspecified atom stereocenters. The van der Waals surface area contributed by atoms with Gasteiger partial charge in [0.05, 0.1) is 22.9 Å². The maximum atomic E-state index is 12.9. The van der Waals surface area contributed by atoms with Gasteiger partial charge in [-0.2, -0.15) is 5.06 Å². The highest BCUT2D eigenvalue weighted by molar-refractivity contribution is 6.33. The van der Waals surface area contributed by atoms with Crippen LogP contribution in [0.15, 0.2) is 36.4 Å². The number of benzene rings is 2. The monoisotopic (exact) mass is 431 g/mol. The summed E-state index contributed by atoms with van der Waals surface area (Å²) in [5, 5.41) is 14.2. The first-order chi connectivity index (χ1) is 12.8. The van der Waals surface area contributed by atoms with E-state index in [9.17, 15) is 14.4 Å². The Bertz CT molecular complexity index is 791. The second kappa shape index (κ2) is 11.1. The number of carbonyl (C=O) groups is 1. The predicted molar refractivity (Wildman–Crippen MR) is 110 cm³/mol. The van der Waals surface area contributed by atoms with Gasteiger partial charge in [0, 0.05) is 25.2 Å². The molecular weight excluding hydrogens is 408 g/mol. The van der Waals surface area contributed by atoms with Crippen molar-refractivity contribution in [3.63, 3.8) is 0 Å². The van der Waals surface area contributed by atoms with Crippen LogP contribution >= 0.6 is 24.0 Å². The van der Waals surface area contributed by atoms with Crippen LogP contribution in [-0.4, -0.2) is 35.4 Å². The fraction of sp³-hybridized carbons (Fsp3) is 0.316. The summed E-state index contributed by atoms with van der Waals surface area (Å²) < 4.78 is 18.4. The molecule has 0 heterocycles. The minimum absolute atomic E-state index is 0. The number of nitrogens with two attached hydrogens (primary N) is 1. The Morgan fingerprint density at radius 1 is 1.36 bits per heavy atom. The average Bonchev–Trinajstić information content (AvgIpc) is 2.64. The fourth-order valence-electron chi connectivity index (χ4n) is 2.40. The lowest BCUT2D eigenvalue weighted by atomic mass is 10.1. The number of carbonyl (C=O) groups excluding carboxylic acids is 1. The Balaban J connectivity index is 0.00000392. The van der Waals surface area contributed by atoms with Crippen molar-refractivity contribution in [1.29, 1.82) is 0 Å². The second-order valence-corrected chi connectivity index (χ2v) is 6.49. The lowest BCUT2D eigenvalue weighted by Gasteiger charge is -2.23. The molecule has 0 saturated carbocycles. The van der Waals surface area contributed by atoms with Gasteiger partial charge in [-0.05, 0) is 37.6 Å². The quantitative estimate of drug-likeness (QED) is 0.435. The first-order valence-corrected chi connectivity index (χ1v) is 8.89. The third-order valence-corrected chi connectivity index (χ3v) is 4.30. The summed E-state index contributed by atoms with van der Waals surface area (Å²) in [4.78, 5) is 12.5. The molecule has 0 saturated heterocycles. The van der Waals surface area contributed by atoms with Gasteiger partial charge in [0.2, 0.25) is 0 Å². The largest absolute Gasteiger partial charge is 0.493 e. The van der Waals surface area contributed by atoms with Crippen LogP contribution in [0.5, 0.6) is 5.75 Å². The number of rotatable bonds is 8. The smallest absolute Gasteiger partial charge is 0.255 e. The number of anilines is 1. The maximum absolute atomic E-state index is 12.9. The van der Waals surface area contributed by atoms with E-state index in [-0.39, 0.29) is 53.8 Å². The van der Waals surface area contributed by atoms with E-state index >= 15 is 0 Å². The molecule has 154 valence electrons. The van der Waals surface area contributed by atoms with Gasteiger partial charge < -0.3 is 21.0 Å². The van der Waals surface area contributed by atoms with E-state index in [1.165, 1.54) is 24.3 Å². The molecule has 0 fully saturated rings. The lowest BCUT2D eigenvalue weighted by Crippen LogP contribution is -2.40. The average molecular weight is 432 g/mol. The number of hydrogen-bond donors (Lipinski definition) is 3. The molecule has 2 aromatic carbocycles. The van der Waals surface area contributed by atoms with Gasteiger partial charge >= 0.3 is 0 Å². The van der Waals surface area contributed by atoms with E-state index in [0.717, 1.165) is 10.6 Å². The molecule has 0 aliphatic heterocycles. The van der Waals surface area contributed by atoms with Crippen LogP contribution in [0.25, 0.3) is 0 Å². The first kappa shape index (κ1) is 24.0. The predicted octanol–water partition coefficient (Wildman–Crippen LogP) is 3.89. The third-order valence-electron chi connectivity index (χ3n) is 3.97. The summed E-state index contributed by atoms with van der Waals surface area (Å²) in [5.41, 5.74) is 7.10. The van der Waals surface area contributed by atoms with Gasteiger partial charge in [0.25, 0.3) is 5.91 Å². The fourth-order valence-corrected chi connectivity index (χ4v) is 2.56. The number of nitrogens with one attached hydrogen (secondary N) is 1. The normalized spacial score (nSPS) is 11.6. The molecular formula is C19H24Cl2FN3O3. The minimum atomic E-state index is -0.387. The molecule has 2 aromatic rings. The number of hydroxylamine groups is 2. The Labute approximate surface area is 174 Å². The van der Waals surface area contributed by atoms with Gasteiger partial charge in [-0.1, -0.05) is 23.7 Å². The van der Waals surface area contributed by atoms with E-state index in [0.29, 0.717) is 18.0 Å². The van der Waals surface area contributed by atoms with Crippen LogP contribution in [0.1, 0.15) is 29.8 Å². The van der Waals surface area contributed by atoms with Crippen molar-refractivity contribution in [1.82, 2.24) is 10.4 Å². The Hall–Kier alpha value is -2.06. The molecule has 4 N–H and O–H groups in total. The summed E-state index contributed by atoms with van der Waals surface area (Å²) in [5.74, 6) is -0.380. The highest BCUT2D eigenvalue weighted by Gasteiger charge is 2.18. The molecule has 0 aliphatic rings. The molecule has 0 aliphatic carbocycles. The Kier molecular flexibility index (Phi) is 9.48. The molecule has 0 aromatic heterocycles. The van der Waals surface area contributed by atoms with E-state index in [4.69, 9.17) is 22.1 Å². The van der Waals surface area contributed by atoms with Crippen molar-refractivity contribution in [2.24, 2.45) is 0 Å². The second-order valence-electron chi connectivity index (χ2n) is 6.09. The number of ether oxygens (including phenoxy) is 1. The number of amides is 1. The molecule has 1 amide bonds. The minimum Gasteiger partial charge on any atom is -0.493 e. The maximum Gasteiger partial charge on any atom is 0.255 e. The lowest BCUT2D eigenvalue weighted by molar-refractivity contribution is -0.128. The van der Waals surface area contributed by atoms with E-state index < -0.39 is 0 Å². The van der Waals surface area contributed by atoms with Crippen molar-refractivity contribution in [2.45, 2.75) is 26.4 Å². The van der Waals surface area contributed by atoms with Gasteiger partial charge in [0.1, 0.15) is 11.6 Å². The van der Waals surface area contributed by atoms with Crippen molar-refractivity contribution in [2.75, 3.05) is 18.9 Å². The van der Waals surface area contributed by atoms with E-state index in [1.807, 2.05) is 0 Å². The van der Waals surface area contributed by atoms with Crippen molar-refractivity contribution in [3.8, 4) is 5.75 Å². The molecule has 6 nitrogen and oxygen atoms in total. The highest BCUT2D eigenvalue weighted by atomic mass is 35.5. The topological polar surface area (TPSA) is 87.8 Å². The van der Waals surface area contributed by atoms with Crippen LogP contribution < -0.4 is 15.8 Å². The molecule has 0 spiro atoms. The summed E-state index contributed by atoms with van der Waals surface area (Å²) >= 11 is 6.01. The number of hydrogen-bond acceptors (Lipinski definition) is 5. The van der Waals surface area contributed by atoms with E-state index in [1.54, 1.807) is 26.0 Å². The third kappa shape index (κ3) is 6.53. The number of halogens is 3. The van der Waals surface area contributed by atoms with Crippen LogP contribution in [0.3, 0.4) is 0 Å². The Morgan fingerprint density at radius 3 is 2.61 bits per heavy atom. The Morgan fingerprint density at radius 2 is 2.00 bits per heavy atom. The van der Waals surface area contributed by atoms with Crippen LogP contribution in [0.4, 0.5) is 10.1 Å². The van der Waals surface area contributed by atoms with Crippen LogP contribution in [-0.2, 0) is 6.54 Å². The van der Waals surface area contributed by atoms with Crippen LogP contribution in [0.2, 0.25) is 5.02 Å². The summed E-state index contributed by atoms with van der Waals surface area (Å²) in [7, 11) is 0. The van der Waals surface area contributed by atoms with E-state index in [2.05, 4.69) is 5.32 Å². The van der Waals surface area contributed by atoms with Crippen molar-refractivity contribution >= 4 is 35.6 Å². The van der Waals surface area contributed by atoms with Gasteiger partial charge in [-0.25, -0.2) is 4.39 Å². The zero-order valence-electron chi connectivity index (χ0n) is 15.6. The molecule has 9 heteroatoms.